The molecule has 11 heteroatoms. The average molecular weight is 791 g/mol. The number of ether oxygens (including phenoxy) is 3. The topological polar surface area (TPSA) is 115 Å². The molecular formula is C47H59FN6O4. The smallest absolute Gasteiger partial charge is 0.251 e. The Morgan fingerprint density at radius 1 is 1.09 bits per heavy atom. The summed E-state index contributed by atoms with van der Waals surface area (Å²) in [7, 11) is 0. The number of rotatable bonds is 18. The van der Waals surface area contributed by atoms with Crippen LogP contribution in [0.15, 0.2) is 60.7 Å². The first-order valence-electron chi connectivity index (χ1n) is 21.1. The van der Waals surface area contributed by atoms with Crippen LogP contribution in [-0.2, 0) is 29.2 Å². The van der Waals surface area contributed by atoms with Gasteiger partial charge in [0.25, 0.3) is 5.91 Å². The van der Waals surface area contributed by atoms with Gasteiger partial charge in [-0.2, -0.15) is 5.26 Å². The van der Waals surface area contributed by atoms with Crippen molar-refractivity contribution < 1.29 is 23.4 Å². The number of pyridine rings is 1. The molecule has 2 saturated heterocycles. The Hall–Kier alpha value is -4.63. The minimum absolute atomic E-state index is 0.0384. The summed E-state index contributed by atoms with van der Waals surface area (Å²) in [6.07, 6.45) is 11.8. The van der Waals surface area contributed by atoms with Gasteiger partial charge in [0.15, 0.2) is 0 Å². The fourth-order valence-corrected chi connectivity index (χ4v) is 8.41. The number of nitrogens with zero attached hydrogens (tertiary/aromatic N) is 5. The van der Waals surface area contributed by atoms with Crippen LogP contribution in [0, 0.1) is 22.6 Å². The van der Waals surface area contributed by atoms with E-state index in [0.717, 1.165) is 100 Å². The Labute approximate surface area is 342 Å². The van der Waals surface area contributed by atoms with Gasteiger partial charge in [-0.1, -0.05) is 44.4 Å². The van der Waals surface area contributed by atoms with Crippen LogP contribution in [0.2, 0.25) is 0 Å². The molecular weight excluding hydrogens is 732 g/mol. The van der Waals surface area contributed by atoms with Gasteiger partial charge in [0.05, 0.1) is 53.2 Å². The second kappa shape index (κ2) is 17.7. The van der Waals surface area contributed by atoms with E-state index in [1.807, 2.05) is 36.4 Å². The highest BCUT2D eigenvalue weighted by atomic mass is 19.1. The minimum atomic E-state index is -0.460. The van der Waals surface area contributed by atoms with Crippen molar-refractivity contribution in [1.29, 1.82) is 5.26 Å². The molecule has 0 bridgehead atoms. The molecule has 1 amide bonds. The number of carbonyl (C=O) groups is 1. The number of halogens is 1. The molecule has 1 aliphatic carbocycles. The second-order valence-corrected chi connectivity index (χ2v) is 17.9. The van der Waals surface area contributed by atoms with Crippen LogP contribution in [-0.4, -0.2) is 68.9 Å². The summed E-state index contributed by atoms with van der Waals surface area (Å²) < 4.78 is 34.6. The molecule has 0 unspecified atom stereocenters. The fourth-order valence-electron chi connectivity index (χ4n) is 8.41. The molecule has 2 aromatic heterocycles. The van der Waals surface area contributed by atoms with Gasteiger partial charge in [-0.05, 0) is 114 Å². The number of aromatic nitrogens is 3. The number of fused-ring (bicyclic) bond motifs is 1. The van der Waals surface area contributed by atoms with Crippen molar-refractivity contribution >= 4 is 22.5 Å². The number of imidazole rings is 1. The maximum absolute atomic E-state index is 14.4. The lowest BCUT2D eigenvalue weighted by molar-refractivity contribution is -0.0600. The summed E-state index contributed by atoms with van der Waals surface area (Å²) in [5.74, 6) is 0.900. The highest BCUT2D eigenvalue weighted by molar-refractivity contribution is 5.97. The van der Waals surface area contributed by atoms with Gasteiger partial charge in [-0.15, -0.1) is 0 Å². The summed E-state index contributed by atoms with van der Waals surface area (Å²) in [4.78, 5) is 26.0. The van der Waals surface area contributed by atoms with Crippen LogP contribution in [0.5, 0.6) is 5.88 Å². The highest BCUT2D eigenvalue weighted by Gasteiger charge is 2.44. The summed E-state index contributed by atoms with van der Waals surface area (Å²) in [6.45, 7) is 15.5. The average Bonchev–Trinajstić information content (AvgIpc) is 3.50. The van der Waals surface area contributed by atoms with E-state index in [2.05, 4.69) is 55.5 Å². The van der Waals surface area contributed by atoms with E-state index in [9.17, 15) is 9.18 Å². The molecule has 1 atom stereocenters. The Morgan fingerprint density at radius 3 is 2.62 bits per heavy atom. The molecule has 3 aliphatic rings. The van der Waals surface area contributed by atoms with Gasteiger partial charge in [0.1, 0.15) is 18.2 Å². The SMILES string of the molecule is CCCCCC(C)(C)OCCC(C)(C)NC(=O)c1ccc2nc(CN3CC4(CC=C(c5cccc(OCc6ccc(C#N)cc6F)n5)CC4)C3)n(C[C@@H]3CCO3)c2c1. The van der Waals surface area contributed by atoms with Gasteiger partial charge in [0.2, 0.25) is 5.88 Å². The monoisotopic (exact) mass is 790 g/mol. The summed E-state index contributed by atoms with van der Waals surface area (Å²) in [5.41, 5.74) is 4.88. The molecule has 58 heavy (non-hydrogen) atoms. The first-order valence-corrected chi connectivity index (χ1v) is 21.1. The number of nitrogens with one attached hydrogen (secondary N) is 1. The van der Waals surface area contributed by atoms with Gasteiger partial charge in [-0.3, -0.25) is 9.69 Å². The Balaban J connectivity index is 0.954. The van der Waals surface area contributed by atoms with E-state index in [0.29, 0.717) is 23.6 Å². The molecule has 4 heterocycles. The highest BCUT2D eigenvalue weighted by Crippen LogP contribution is 2.45. The number of amides is 1. The zero-order chi connectivity index (χ0) is 40.9. The third kappa shape index (κ3) is 10.1. The number of carbonyl (C=O) groups excluding carboxylic acids is 1. The fraction of sp³-hybridized carbons (Fsp3) is 0.532. The maximum atomic E-state index is 14.4. The number of benzene rings is 2. The molecule has 2 aromatic carbocycles. The van der Waals surface area contributed by atoms with Crippen molar-refractivity contribution in [2.24, 2.45) is 5.41 Å². The zero-order valence-corrected chi connectivity index (χ0v) is 34.9. The first-order chi connectivity index (χ1) is 27.8. The van der Waals surface area contributed by atoms with Crippen LogP contribution >= 0.6 is 0 Å². The number of nitriles is 1. The van der Waals surface area contributed by atoms with Gasteiger partial charge < -0.3 is 24.1 Å². The van der Waals surface area contributed by atoms with Crippen LogP contribution in [0.3, 0.4) is 0 Å². The third-order valence-electron chi connectivity index (χ3n) is 12.1. The number of hydrogen-bond donors (Lipinski definition) is 1. The van der Waals surface area contributed by atoms with Crippen LogP contribution in [0.1, 0.15) is 125 Å². The third-order valence-corrected chi connectivity index (χ3v) is 12.1. The minimum Gasteiger partial charge on any atom is -0.473 e. The van der Waals surface area contributed by atoms with Gasteiger partial charge in [0, 0.05) is 49.0 Å². The standard InChI is InChI=1S/C47H59FN6O4/c1-6-7-8-19-46(4,5)58-24-22-45(2,3)52-44(55)35-14-15-40-41(26-35)54(28-37-18-23-56-37)42(50-40)29-53-31-47(32-53)20-16-34(17-21-47)39-10-9-11-43(51-39)57-30-36-13-12-33(27-49)25-38(36)48/h9-16,25-26,37H,6-8,17-24,28-32H2,1-5H3,(H,52,55)/t37-/m0/s1. The molecule has 2 fully saturated rings. The van der Waals surface area contributed by atoms with E-state index < -0.39 is 11.4 Å². The molecule has 2 aliphatic heterocycles. The number of hydrogen-bond acceptors (Lipinski definition) is 8. The molecule has 10 nitrogen and oxygen atoms in total. The van der Waals surface area contributed by atoms with E-state index in [4.69, 9.17) is 29.4 Å². The van der Waals surface area contributed by atoms with Crippen molar-refractivity contribution in [2.75, 3.05) is 26.3 Å². The van der Waals surface area contributed by atoms with E-state index in [1.54, 1.807) is 18.2 Å². The van der Waals surface area contributed by atoms with Crippen molar-refractivity contribution in [1.82, 2.24) is 24.8 Å². The van der Waals surface area contributed by atoms with Gasteiger partial charge in [-0.25, -0.2) is 14.4 Å². The number of likely N-dealkylation sites (tertiary alicyclic amines) is 1. The Morgan fingerprint density at radius 2 is 1.91 bits per heavy atom. The molecule has 1 spiro atoms. The molecule has 0 saturated carbocycles. The van der Waals surface area contributed by atoms with E-state index in [1.165, 1.54) is 24.5 Å². The second-order valence-electron chi connectivity index (χ2n) is 17.9. The zero-order valence-electron chi connectivity index (χ0n) is 34.9. The van der Waals surface area contributed by atoms with Crippen molar-refractivity contribution in [3.05, 3.63) is 94.7 Å². The normalized spacial score (nSPS) is 18.0. The lowest BCUT2D eigenvalue weighted by atomic mass is 9.69. The Kier molecular flexibility index (Phi) is 12.7. The van der Waals surface area contributed by atoms with Crippen molar-refractivity contribution in [3.8, 4) is 11.9 Å². The lowest BCUT2D eigenvalue weighted by Gasteiger charge is -2.51. The summed E-state index contributed by atoms with van der Waals surface area (Å²) in [6, 6.07) is 17.9. The predicted molar refractivity (Wildman–Crippen MR) is 224 cm³/mol. The van der Waals surface area contributed by atoms with Crippen LogP contribution in [0.4, 0.5) is 4.39 Å². The van der Waals surface area contributed by atoms with Gasteiger partial charge >= 0.3 is 0 Å². The summed E-state index contributed by atoms with van der Waals surface area (Å²) >= 11 is 0. The van der Waals surface area contributed by atoms with Crippen molar-refractivity contribution in [3.63, 3.8) is 0 Å². The molecule has 7 rings (SSSR count). The first kappa shape index (κ1) is 41.5. The number of unbranched alkanes of at least 4 members (excludes halogenated alkanes) is 2. The Bertz CT molecular complexity index is 2160. The molecule has 0 radical (unpaired) electrons. The molecule has 4 aromatic rings. The largest absolute Gasteiger partial charge is 0.473 e. The lowest BCUT2D eigenvalue weighted by Crippen LogP contribution is -2.56. The van der Waals surface area contributed by atoms with Crippen LogP contribution < -0.4 is 10.1 Å². The maximum Gasteiger partial charge on any atom is 0.251 e. The van der Waals surface area contributed by atoms with E-state index >= 15 is 0 Å². The quantitative estimate of drug-likeness (QED) is 0.0994. The molecule has 1 N–H and O–H groups in total. The number of allylic oxidation sites excluding steroid dienone is 2. The van der Waals surface area contributed by atoms with Crippen LogP contribution in [0.25, 0.3) is 16.6 Å². The van der Waals surface area contributed by atoms with E-state index in [-0.39, 0.29) is 35.2 Å². The molecule has 308 valence electrons. The summed E-state index contributed by atoms with van der Waals surface area (Å²) in [5, 5.41) is 12.3. The van der Waals surface area contributed by atoms with Crippen molar-refractivity contribution in [2.45, 2.75) is 129 Å². The predicted octanol–water partition coefficient (Wildman–Crippen LogP) is 9.15.